The molecule has 3 aromatic rings. The second-order valence-corrected chi connectivity index (χ2v) is 7.50. The monoisotopic (exact) mass is 435 g/mol. The Hall–Kier alpha value is -2.99. The summed E-state index contributed by atoms with van der Waals surface area (Å²) in [6.07, 6.45) is -3.48. The predicted molar refractivity (Wildman–Crippen MR) is 102 cm³/mol. The van der Waals surface area contributed by atoms with Crippen LogP contribution < -0.4 is 5.32 Å². The maximum atomic E-state index is 14.3. The predicted octanol–water partition coefficient (Wildman–Crippen LogP) is 5.31. The number of anilines is 1. The van der Waals surface area contributed by atoms with Crippen LogP contribution in [0.5, 0.6) is 0 Å². The second-order valence-electron chi connectivity index (χ2n) is 7.14. The Bertz CT molecular complexity index is 1200. The molecule has 2 aromatic heterocycles. The van der Waals surface area contributed by atoms with Crippen LogP contribution in [0.3, 0.4) is 0 Å². The number of nitriles is 1. The van der Waals surface area contributed by atoms with E-state index < -0.39 is 23.0 Å². The Balaban J connectivity index is 1.73. The van der Waals surface area contributed by atoms with Gasteiger partial charge in [-0.25, -0.2) is 19.3 Å². The van der Waals surface area contributed by atoms with E-state index >= 15 is 0 Å². The number of benzene rings is 1. The minimum Gasteiger partial charge on any atom is -0.365 e. The summed E-state index contributed by atoms with van der Waals surface area (Å²) in [6, 6.07) is 7.03. The zero-order valence-corrected chi connectivity index (χ0v) is 16.4. The SMILES string of the molecule is Cc1nc(NCc2cccc(C(F)(F)F)c2F)c2cc(C3(C#N)CC3)c(Cl)nc2n1. The van der Waals surface area contributed by atoms with Crippen molar-refractivity contribution in [3.8, 4) is 6.07 Å². The average molecular weight is 436 g/mol. The number of hydrogen-bond donors (Lipinski definition) is 1. The lowest BCUT2D eigenvalue weighted by molar-refractivity contribution is -0.140. The summed E-state index contributed by atoms with van der Waals surface area (Å²) >= 11 is 6.27. The number of nitrogens with zero attached hydrogens (tertiary/aromatic N) is 4. The Morgan fingerprint density at radius 2 is 1.97 bits per heavy atom. The molecule has 30 heavy (non-hydrogen) atoms. The van der Waals surface area contributed by atoms with Gasteiger partial charge in [-0.05, 0) is 31.9 Å². The van der Waals surface area contributed by atoms with Crippen LogP contribution in [0.4, 0.5) is 23.4 Å². The molecule has 4 rings (SSSR count). The molecule has 5 nitrogen and oxygen atoms in total. The molecule has 1 aliphatic carbocycles. The molecule has 0 radical (unpaired) electrons. The third kappa shape index (κ3) is 3.52. The average Bonchev–Trinajstić information content (AvgIpc) is 3.46. The van der Waals surface area contributed by atoms with Crippen molar-refractivity contribution in [1.82, 2.24) is 15.0 Å². The number of aromatic nitrogens is 3. The number of fused-ring (bicyclic) bond motifs is 1. The molecular formula is C20H14ClF4N5. The lowest BCUT2D eigenvalue weighted by Gasteiger charge is -2.15. The molecule has 0 saturated heterocycles. The van der Waals surface area contributed by atoms with E-state index in [0.29, 0.717) is 35.7 Å². The van der Waals surface area contributed by atoms with Crippen molar-refractivity contribution in [2.45, 2.75) is 37.9 Å². The normalized spacial score (nSPS) is 15.1. The molecule has 0 amide bonds. The van der Waals surface area contributed by atoms with E-state index in [0.717, 1.165) is 6.07 Å². The van der Waals surface area contributed by atoms with Crippen LogP contribution in [0.1, 0.15) is 35.4 Å². The van der Waals surface area contributed by atoms with E-state index in [2.05, 4.69) is 26.3 Å². The first-order valence-corrected chi connectivity index (χ1v) is 9.37. The van der Waals surface area contributed by atoms with Crippen molar-refractivity contribution >= 4 is 28.5 Å². The van der Waals surface area contributed by atoms with Crippen molar-refractivity contribution in [2.75, 3.05) is 5.32 Å². The number of aryl methyl sites for hydroxylation is 1. The molecule has 1 N–H and O–H groups in total. The number of hydrogen-bond acceptors (Lipinski definition) is 5. The first kappa shape index (κ1) is 20.3. The molecule has 1 fully saturated rings. The van der Waals surface area contributed by atoms with E-state index in [1.54, 1.807) is 13.0 Å². The van der Waals surface area contributed by atoms with Gasteiger partial charge in [0.1, 0.15) is 22.6 Å². The maximum Gasteiger partial charge on any atom is 0.419 e. The number of alkyl halides is 3. The van der Waals surface area contributed by atoms with E-state index in [-0.39, 0.29) is 28.7 Å². The molecule has 2 heterocycles. The van der Waals surface area contributed by atoms with Gasteiger partial charge in [0.15, 0.2) is 5.65 Å². The van der Waals surface area contributed by atoms with Gasteiger partial charge in [0, 0.05) is 17.7 Å². The zero-order valence-electron chi connectivity index (χ0n) is 15.6. The maximum absolute atomic E-state index is 14.3. The Morgan fingerprint density at radius 3 is 2.60 bits per heavy atom. The molecule has 1 aromatic carbocycles. The summed E-state index contributed by atoms with van der Waals surface area (Å²) in [6.45, 7) is 1.39. The van der Waals surface area contributed by atoms with Gasteiger partial charge in [-0.15, -0.1) is 0 Å². The topological polar surface area (TPSA) is 74.5 Å². The fourth-order valence-corrected chi connectivity index (χ4v) is 3.61. The summed E-state index contributed by atoms with van der Waals surface area (Å²) in [5.74, 6) is -0.712. The second kappa shape index (κ2) is 7.06. The van der Waals surface area contributed by atoms with Crippen LogP contribution in [0, 0.1) is 24.1 Å². The minimum atomic E-state index is -4.79. The first-order valence-electron chi connectivity index (χ1n) is 9.00. The highest BCUT2D eigenvalue weighted by Crippen LogP contribution is 2.50. The summed E-state index contributed by atoms with van der Waals surface area (Å²) in [5.41, 5.74) is -1.36. The van der Waals surface area contributed by atoms with Gasteiger partial charge >= 0.3 is 6.18 Å². The van der Waals surface area contributed by atoms with Crippen LogP contribution in [0.25, 0.3) is 11.0 Å². The van der Waals surface area contributed by atoms with Gasteiger partial charge in [0.05, 0.1) is 22.4 Å². The standard InChI is InChI=1S/C20H14ClF4N5/c1-10-28-17(27-8-11-3-2-4-13(15(11)22)20(23,24)25)12-7-14(19(9-26)5-6-19)16(21)30-18(12)29-10/h2-4,7H,5-6,8H2,1H3,(H,27,28,29,30). The lowest BCUT2D eigenvalue weighted by atomic mass is 9.98. The molecular weight excluding hydrogens is 422 g/mol. The van der Waals surface area contributed by atoms with E-state index in [4.69, 9.17) is 11.6 Å². The highest BCUT2D eigenvalue weighted by Gasteiger charge is 2.47. The molecule has 1 aliphatic rings. The Labute approximate surface area is 173 Å². The quantitative estimate of drug-likeness (QED) is 0.444. The third-order valence-electron chi connectivity index (χ3n) is 5.06. The molecule has 1 saturated carbocycles. The van der Waals surface area contributed by atoms with Gasteiger partial charge in [-0.3, -0.25) is 0 Å². The highest BCUT2D eigenvalue weighted by atomic mass is 35.5. The van der Waals surface area contributed by atoms with Crippen LogP contribution in [-0.2, 0) is 18.1 Å². The number of nitrogens with one attached hydrogen (secondary N) is 1. The molecule has 10 heteroatoms. The van der Waals surface area contributed by atoms with Gasteiger partial charge in [0.2, 0.25) is 0 Å². The van der Waals surface area contributed by atoms with Crippen LogP contribution in [0.15, 0.2) is 24.3 Å². The van der Waals surface area contributed by atoms with Crippen LogP contribution in [-0.4, -0.2) is 15.0 Å². The lowest BCUT2D eigenvalue weighted by Crippen LogP contribution is -2.12. The zero-order chi connectivity index (χ0) is 21.7. The van der Waals surface area contributed by atoms with Crippen molar-refractivity contribution in [2.24, 2.45) is 0 Å². The van der Waals surface area contributed by atoms with Gasteiger partial charge < -0.3 is 5.32 Å². The highest BCUT2D eigenvalue weighted by molar-refractivity contribution is 6.30. The summed E-state index contributed by atoms with van der Waals surface area (Å²) in [7, 11) is 0. The number of pyridine rings is 1. The van der Waals surface area contributed by atoms with Crippen molar-refractivity contribution in [3.05, 3.63) is 57.8 Å². The summed E-state index contributed by atoms with van der Waals surface area (Å²) in [4.78, 5) is 12.8. The minimum absolute atomic E-state index is 0.160. The van der Waals surface area contributed by atoms with Crippen LogP contribution in [0.2, 0.25) is 5.15 Å². The Kier molecular flexibility index (Phi) is 4.77. The third-order valence-corrected chi connectivity index (χ3v) is 5.35. The van der Waals surface area contributed by atoms with Gasteiger partial charge in [0.25, 0.3) is 0 Å². The largest absolute Gasteiger partial charge is 0.419 e. The van der Waals surface area contributed by atoms with E-state index in [9.17, 15) is 22.8 Å². The van der Waals surface area contributed by atoms with Gasteiger partial charge in [-0.1, -0.05) is 23.7 Å². The summed E-state index contributed by atoms with van der Waals surface area (Å²) < 4.78 is 53.2. The first-order chi connectivity index (χ1) is 14.1. The van der Waals surface area contributed by atoms with Crippen molar-refractivity contribution < 1.29 is 17.6 Å². The summed E-state index contributed by atoms with van der Waals surface area (Å²) in [5, 5.41) is 13.0. The van der Waals surface area contributed by atoms with E-state index in [1.807, 2.05) is 0 Å². The number of halogens is 5. The fraction of sp³-hybridized carbons (Fsp3) is 0.300. The van der Waals surface area contributed by atoms with Crippen molar-refractivity contribution in [1.29, 1.82) is 5.26 Å². The molecule has 154 valence electrons. The van der Waals surface area contributed by atoms with E-state index in [1.165, 1.54) is 6.07 Å². The molecule has 0 unspecified atom stereocenters. The van der Waals surface area contributed by atoms with Gasteiger partial charge in [-0.2, -0.15) is 18.4 Å². The van der Waals surface area contributed by atoms with Crippen LogP contribution >= 0.6 is 11.6 Å². The molecule has 0 bridgehead atoms. The number of rotatable bonds is 4. The Morgan fingerprint density at radius 1 is 1.23 bits per heavy atom. The fourth-order valence-electron chi connectivity index (χ4n) is 3.29. The molecule has 0 spiro atoms. The molecule has 0 atom stereocenters. The van der Waals surface area contributed by atoms with Crippen molar-refractivity contribution in [3.63, 3.8) is 0 Å². The molecule has 0 aliphatic heterocycles. The smallest absolute Gasteiger partial charge is 0.365 e.